The van der Waals surface area contributed by atoms with E-state index in [2.05, 4.69) is 19.2 Å². The molecule has 2 amide bonds. The van der Waals surface area contributed by atoms with Gasteiger partial charge in [0, 0.05) is 19.3 Å². The smallest absolute Gasteiger partial charge is 0.246 e. The zero-order chi connectivity index (χ0) is 14.0. The fourth-order valence-electron chi connectivity index (χ4n) is 2.94. The second-order valence-electron chi connectivity index (χ2n) is 5.96. The van der Waals surface area contributed by atoms with E-state index in [4.69, 9.17) is 4.74 Å². The molecule has 1 N–H and O–H groups in total. The maximum atomic E-state index is 12.6. The van der Waals surface area contributed by atoms with E-state index in [1.54, 1.807) is 4.90 Å². The van der Waals surface area contributed by atoms with E-state index >= 15 is 0 Å². The number of nitrogens with zero attached hydrogens (tertiary/aromatic N) is 1. The fourth-order valence-corrected chi connectivity index (χ4v) is 2.94. The van der Waals surface area contributed by atoms with Crippen molar-refractivity contribution in [1.29, 1.82) is 0 Å². The summed E-state index contributed by atoms with van der Waals surface area (Å²) in [5.74, 6) is 0.434. The first-order valence-corrected chi connectivity index (χ1v) is 7.21. The highest BCUT2D eigenvalue weighted by molar-refractivity contribution is 5.96. The van der Waals surface area contributed by atoms with Gasteiger partial charge >= 0.3 is 0 Å². The van der Waals surface area contributed by atoms with Gasteiger partial charge in [-0.15, -0.1) is 0 Å². The first kappa shape index (κ1) is 14.3. The Balaban J connectivity index is 2.13. The van der Waals surface area contributed by atoms with Crippen LogP contribution < -0.4 is 5.32 Å². The Bertz CT molecular complexity index is 351. The van der Waals surface area contributed by atoms with E-state index in [9.17, 15) is 9.59 Å². The van der Waals surface area contributed by atoms with E-state index < -0.39 is 0 Å². The minimum atomic E-state index is -0.362. The summed E-state index contributed by atoms with van der Waals surface area (Å²) in [5.41, 5.74) is 0. The lowest BCUT2D eigenvalue weighted by Crippen LogP contribution is -2.65. The molecule has 2 saturated heterocycles. The summed E-state index contributed by atoms with van der Waals surface area (Å²) in [7, 11) is 0. The Morgan fingerprint density at radius 1 is 1.32 bits per heavy atom. The van der Waals surface area contributed by atoms with Crippen LogP contribution in [0.25, 0.3) is 0 Å². The second kappa shape index (κ2) is 5.90. The summed E-state index contributed by atoms with van der Waals surface area (Å²) in [6.45, 7) is 7.30. The fraction of sp³-hybridized carbons (Fsp3) is 0.857. The average Bonchev–Trinajstić information content (AvgIpc) is 2.37. The number of carbonyl (C=O) groups is 2. The predicted molar refractivity (Wildman–Crippen MR) is 71.5 cm³/mol. The van der Waals surface area contributed by atoms with Crippen LogP contribution >= 0.6 is 0 Å². The number of hydrogen-bond acceptors (Lipinski definition) is 3. The molecule has 2 rings (SSSR count). The summed E-state index contributed by atoms with van der Waals surface area (Å²) in [6, 6.07) is -0.567. The molecule has 19 heavy (non-hydrogen) atoms. The van der Waals surface area contributed by atoms with Crippen molar-refractivity contribution in [3.05, 3.63) is 0 Å². The van der Waals surface area contributed by atoms with Gasteiger partial charge in [-0.05, 0) is 32.1 Å². The molecule has 108 valence electrons. The molecule has 0 radical (unpaired) electrons. The SMILES string of the molecule is CC(C)CC1NC(=O)C(C)N(C2CCOCC2)C1=O. The molecule has 2 aliphatic rings. The van der Waals surface area contributed by atoms with Crippen molar-refractivity contribution in [2.45, 2.75) is 58.2 Å². The van der Waals surface area contributed by atoms with Crippen molar-refractivity contribution in [3.8, 4) is 0 Å². The Morgan fingerprint density at radius 2 is 1.95 bits per heavy atom. The van der Waals surface area contributed by atoms with E-state index in [0.29, 0.717) is 25.6 Å². The molecule has 0 aromatic carbocycles. The first-order valence-electron chi connectivity index (χ1n) is 7.21. The van der Waals surface area contributed by atoms with Crippen LogP contribution in [0.15, 0.2) is 0 Å². The third kappa shape index (κ3) is 3.08. The molecule has 0 aromatic rings. The zero-order valence-electron chi connectivity index (χ0n) is 12.0. The Kier molecular flexibility index (Phi) is 4.45. The number of ether oxygens (including phenoxy) is 1. The largest absolute Gasteiger partial charge is 0.381 e. The molecule has 0 aromatic heterocycles. The molecule has 0 spiro atoms. The van der Waals surface area contributed by atoms with E-state index in [1.165, 1.54) is 0 Å². The minimum absolute atomic E-state index is 0.0308. The number of rotatable bonds is 3. The topological polar surface area (TPSA) is 58.6 Å². The molecular weight excluding hydrogens is 244 g/mol. The standard InChI is InChI=1S/C14H24N2O3/c1-9(2)8-12-14(18)16(10(3)13(17)15-12)11-4-6-19-7-5-11/h9-12H,4-8H2,1-3H3,(H,15,17). The number of amides is 2. The molecule has 2 aliphatic heterocycles. The van der Waals surface area contributed by atoms with Crippen LogP contribution in [-0.4, -0.2) is 48.1 Å². The van der Waals surface area contributed by atoms with Crippen molar-refractivity contribution in [1.82, 2.24) is 10.2 Å². The molecule has 5 nitrogen and oxygen atoms in total. The highest BCUT2D eigenvalue weighted by Gasteiger charge is 2.41. The van der Waals surface area contributed by atoms with Gasteiger partial charge in [-0.2, -0.15) is 0 Å². The van der Waals surface area contributed by atoms with Gasteiger partial charge in [0.25, 0.3) is 0 Å². The van der Waals surface area contributed by atoms with Crippen LogP contribution in [0.1, 0.15) is 40.0 Å². The van der Waals surface area contributed by atoms with Crippen LogP contribution in [-0.2, 0) is 14.3 Å². The lowest BCUT2D eigenvalue weighted by molar-refractivity contribution is -0.153. The Labute approximate surface area is 114 Å². The average molecular weight is 268 g/mol. The van der Waals surface area contributed by atoms with Gasteiger partial charge < -0.3 is 15.0 Å². The first-order chi connectivity index (χ1) is 9.00. The predicted octanol–water partition coefficient (Wildman–Crippen LogP) is 0.927. The minimum Gasteiger partial charge on any atom is -0.381 e. The van der Waals surface area contributed by atoms with Gasteiger partial charge in [-0.3, -0.25) is 9.59 Å². The highest BCUT2D eigenvalue weighted by atomic mass is 16.5. The lowest BCUT2D eigenvalue weighted by atomic mass is 9.95. The van der Waals surface area contributed by atoms with E-state index in [0.717, 1.165) is 12.8 Å². The third-order valence-corrected chi connectivity index (χ3v) is 3.96. The third-order valence-electron chi connectivity index (χ3n) is 3.96. The van der Waals surface area contributed by atoms with Gasteiger partial charge in [-0.25, -0.2) is 0 Å². The maximum Gasteiger partial charge on any atom is 0.246 e. The normalized spacial score (nSPS) is 29.8. The highest BCUT2D eigenvalue weighted by Crippen LogP contribution is 2.23. The van der Waals surface area contributed by atoms with Crippen LogP contribution in [0.4, 0.5) is 0 Å². The zero-order valence-corrected chi connectivity index (χ0v) is 12.0. The van der Waals surface area contributed by atoms with Gasteiger partial charge in [0.05, 0.1) is 0 Å². The molecule has 2 fully saturated rings. The number of nitrogens with one attached hydrogen (secondary N) is 1. The molecular formula is C14H24N2O3. The van der Waals surface area contributed by atoms with Crippen LogP contribution in [0.3, 0.4) is 0 Å². The molecule has 0 aliphatic carbocycles. The van der Waals surface area contributed by atoms with Crippen molar-refractivity contribution < 1.29 is 14.3 Å². The van der Waals surface area contributed by atoms with Gasteiger partial charge in [0.2, 0.25) is 11.8 Å². The number of carbonyl (C=O) groups excluding carboxylic acids is 2. The summed E-state index contributed by atoms with van der Waals surface area (Å²) in [4.78, 5) is 26.4. The lowest BCUT2D eigenvalue weighted by Gasteiger charge is -2.43. The van der Waals surface area contributed by atoms with Gasteiger partial charge in [-0.1, -0.05) is 13.8 Å². The summed E-state index contributed by atoms with van der Waals surface area (Å²) < 4.78 is 5.34. The van der Waals surface area contributed by atoms with Crippen molar-refractivity contribution >= 4 is 11.8 Å². The van der Waals surface area contributed by atoms with Crippen molar-refractivity contribution in [3.63, 3.8) is 0 Å². The monoisotopic (exact) mass is 268 g/mol. The molecule has 2 heterocycles. The van der Waals surface area contributed by atoms with Crippen LogP contribution in [0, 0.1) is 5.92 Å². The van der Waals surface area contributed by atoms with Crippen LogP contribution in [0.2, 0.25) is 0 Å². The molecule has 5 heteroatoms. The second-order valence-corrected chi connectivity index (χ2v) is 5.96. The van der Waals surface area contributed by atoms with Gasteiger partial charge in [0.1, 0.15) is 12.1 Å². The quantitative estimate of drug-likeness (QED) is 0.828. The molecule has 2 unspecified atom stereocenters. The Hall–Kier alpha value is -1.10. The summed E-state index contributed by atoms with van der Waals surface area (Å²) >= 11 is 0. The summed E-state index contributed by atoms with van der Waals surface area (Å²) in [6.07, 6.45) is 2.37. The number of hydrogen-bond donors (Lipinski definition) is 1. The molecule has 0 saturated carbocycles. The van der Waals surface area contributed by atoms with Crippen molar-refractivity contribution in [2.75, 3.05) is 13.2 Å². The Morgan fingerprint density at radius 3 is 2.53 bits per heavy atom. The van der Waals surface area contributed by atoms with E-state index in [1.807, 2.05) is 6.92 Å². The maximum absolute atomic E-state index is 12.6. The van der Waals surface area contributed by atoms with Gasteiger partial charge in [0.15, 0.2) is 0 Å². The van der Waals surface area contributed by atoms with E-state index in [-0.39, 0.29) is 29.9 Å². The molecule has 0 bridgehead atoms. The van der Waals surface area contributed by atoms with Crippen molar-refractivity contribution in [2.24, 2.45) is 5.92 Å². The molecule has 2 atom stereocenters. The number of piperazine rings is 1. The summed E-state index contributed by atoms with van der Waals surface area (Å²) in [5, 5.41) is 2.85. The van der Waals surface area contributed by atoms with Crippen LogP contribution in [0.5, 0.6) is 0 Å².